The van der Waals surface area contributed by atoms with Crippen LogP contribution in [0.3, 0.4) is 0 Å². The fourth-order valence-corrected chi connectivity index (χ4v) is 2.89. The maximum Gasteiger partial charge on any atom is 0.255 e. The zero-order chi connectivity index (χ0) is 16.1. The molecule has 0 atom stereocenters. The standard InChI is InChI=1S/C17H18INO3/c1-4-22-15-10-12(9-13(18)16(15)21-3)17(20)19-14-8-6-5-7-11(14)2/h5-10H,4H2,1-3H3,(H,19,20). The molecule has 1 N–H and O–H groups in total. The van der Waals surface area contributed by atoms with E-state index < -0.39 is 0 Å². The number of hydrogen-bond acceptors (Lipinski definition) is 3. The van der Waals surface area contributed by atoms with Crippen LogP contribution in [0, 0.1) is 10.5 Å². The zero-order valence-electron chi connectivity index (χ0n) is 12.8. The van der Waals surface area contributed by atoms with Gasteiger partial charge in [-0.2, -0.15) is 0 Å². The Hall–Kier alpha value is -1.76. The highest BCUT2D eigenvalue weighted by molar-refractivity contribution is 14.1. The largest absolute Gasteiger partial charge is 0.492 e. The van der Waals surface area contributed by atoms with Crippen molar-refractivity contribution in [2.24, 2.45) is 0 Å². The summed E-state index contributed by atoms with van der Waals surface area (Å²) in [6.45, 7) is 4.36. The molecule has 0 aromatic heterocycles. The summed E-state index contributed by atoms with van der Waals surface area (Å²) in [6, 6.07) is 11.2. The second kappa shape index (κ2) is 7.49. The third-order valence-corrected chi connectivity index (χ3v) is 3.97. The van der Waals surface area contributed by atoms with E-state index in [1.807, 2.05) is 38.1 Å². The number of rotatable bonds is 5. The third-order valence-electron chi connectivity index (χ3n) is 3.17. The summed E-state index contributed by atoms with van der Waals surface area (Å²) in [5.41, 5.74) is 2.36. The van der Waals surface area contributed by atoms with Gasteiger partial charge in [-0.3, -0.25) is 4.79 Å². The predicted octanol–water partition coefficient (Wildman–Crippen LogP) is 4.26. The summed E-state index contributed by atoms with van der Waals surface area (Å²) in [5.74, 6) is 1.05. The molecule has 2 aromatic rings. The zero-order valence-corrected chi connectivity index (χ0v) is 14.9. The summed E-state index contributed by atoms with van der Waals surface area (Å²) in [4.78, 5) is 12.5. The van der Waals surface area contributed by atoms with Gasteiger partial charge >= 0.3 is 0 Å². The van der Waals surface area contributed by atoms with Crippen molar-refractivity contribution in [3.05, 3.63) is 51.1 Å². The average Bonchev–Trinajstić information content (AvgIpc) is 2.49. The number of nitrogens with one attached hydrogen (secondary N) is 1. The first-order chi connectivity index (χ1) is 10.6. The molecule has 0 aliphatic rings. The van der Waals surface area contributed by atoms with E-state index >= 15 is 0 Å². The molecule has 0 heterocycles. The fraction of sp³-hybridized carbons (Fsp3) is 0.235. The molecular weight excluding hydrogens is 393 g/mol. The molecule has 0 fully saturated rings. The van der Waals surface area contributed by atoms with Gasteiger partial charge in [0.05, 0.1) is 17.3 Å². The first-order valence-corrected chi connectivity index (χ1v) is 8.02. The van der Waals surface area contributed by atoms with Crippen LogP contribution in [0.15, 0.2) is 36.4 Å². The van der Waals surface area contributed by atoms with Crippen molar-refractivity contribution < 1.29 is 14.3 Å². The van der Waals surface area contributed by atoms with Crippen LogP contribution in [0.1, 0.15) is 22.8 Å². The Bertz CT molecular complexity index is 686. The normalized spacial score (nSPS) is 10.2. The summed E-state index contributed by atoms with van der Waals surface area (Å²) in [5, 5.41) is 2.92. The lowest BCUT2D eigenvalue weighted by molar-refractivity contribution is 0.102. The lowest BCUT2D eigenvalue weighted by Gasteiger charge is -2.14. The Morgan fingerprint density at radius 3 is 2.64 bits per heavy atom. The molecule has 0 saturated carbocycles. The van der Waals surface area contributed by atoms with Gasteiger partial charge in [0.2, 0.25) is 0 Å². The molecule has 22 heavy (non-hydrogen) atoms. The van der Waals surface area contributed by atoms with Crippen LogP contribution >= 0.6 is 22.6 Å². The highest BCUT2D eigenvalue weighted by Gasteiger charge is 2.15. The van der Waals surface area contributed by atoms with E-state index in [0.29, 0.717) is 23.7 Å². The molecule has 0 saturated heterocycles. The van der Waals surface area contributed by atoms with Crippen molar-refractivity contribution in [3.8, 4) is 11.5 Å². The Labute approximate surface area is 144 Å². The Balaban J connectivity index is 2.32. The molecule has 0 bridgehead atoms. The van der Waals surface area contributed by atoms with Crippen molar-refractivity contribution in [1.29, 1.82) is 0 Å². The molecule has 0 aliphatic carbocycles. The van der Waals surface area contributed by atoms with Gasteiger partial charge in [-0.1, -0.05) is 18.2 Å². The Morgan fingerprint density at radius 2 is 2.00 bits per heavy atom. The molecule has 116 valence electrons. The number of anilines is 1. The average molecular weight is 411 g/mol. The number of carbonyl (C=O) groups is 1. The van der Waals surface area contributed by atoms with E-state index in [1.54, 1.807) is 19.2 Å². The van der Waals surface area contributed by atoms with Gasteiger partial charge in [0, 0.05) is 11.3 Å². The van der Waals surface area contributed by atoms with E-state index in [9.17, 15) is 4.79 Å². The number of aryl methyl sites for hydroxylation is 1. The van der Waals surface area contributed by atoms with Crippen LogP contribution in [0.5, 0.6) is 11.5 Å². The number of carbonyl (C=O) groups excluding carboxylic acids is 1. The van der Waals surface area contributed by atoms with Gasteiger partial charge in [0.25, 0.3) is 5.91 Å². The molecule has 5 heteroatoms. The van der Waals surface area contributed by atoms with Crippen LogP contribution in [-0.4, -0.2) is 19.6 Å². The highest BCUT2D eigenvalue weighted by atomic mass is 127. The van der Waals surface area contributed by atoms with Crippen molar-refractivity contribution in [1.82, 2.24) is 0 Å². The van der Waals surface area contributed by atoms with E-state index in [2.05, 4.69) is 27.9 Å². The molecule has 2 aromatic carbocycles. The summed E-state index contributed by atoms with van der Waals surface area (Å²) in [6.07, 6.45) is 0. The first-order valence-electron chi connectivity index (χ1n) is 6.94. The predicted molar refractivity (Wildman–Crippen MR) is 96.0 cm³/mol. The summed E-state index contributed by atoms with van der Waals surface area (Å²) in [7, 11) is 1.59. The van der Waals surface area contributed by atoms with E-state index in [0.717, 1.165) is 14.8 Å². The topological polar surface area (TPSA) is 47.6 Å². The first kappa shape index (κ1) is 16.6. The maximum atomic E-state index is 12.5. The van der Waals surface area contributed by atoms with Gasteiger partial charge in [-0.15, -0.1) is 0 Å². The number of amides is 1. The lowest BCUT2D eigenvalue weighted by Crippen LogP contribution is -2.13. The van der Waals surface area contributed by atoms with Gasteiger partial charge in [0.15, 0.2) is 11.5 Å². The number of halogens is 1. The molecule has 2 rings (SSSR count). The minimum atomic E-state index is -0.171. The van der Waals surface area contributed by atoms with Crippen LogP contribution in [0.25, 0.3) is 0 Å². The lowest BCUT2D eigenvalue weighted by atomic mass is 10.1. The van der Waals surface area contributed by atoms with Crippen molar-refractivity contribution in [2.45, 2.75) is 13.8 Å². The summed E-state index contributed by atoms with van der Waals surface area (Å²) >= 11 is 2.14. The summed E-state index contributed by atoms with van der Waals surface area (Å²) < 4.78 is 11.7. The van der Waals surface area contributed by atoms with Crippen LogP contribution in [-0.2, 0) is 0 Å². The number of methoxy groups -OCH3 is 1. The number of hydrogen-bond donors (Lipinski definition) is 1. The van der Waals surface area contributed by atoms with Crippen molar-refractivity contribution >= 4 is 34.2 Å². The minimum absolute atomic E-state index is 0.171. The number of para-hydroxylation sites is 1. The molecule has 0 radical (unpaired) electrons. The minimum Gasteiger partial charge on any atom is -0.492 e. The van der Waals surface area contributed by atoms with Crippen LogP contribution in [0.4, 0.5) is 5.69 Å². The van der Waals surface area contributed by atoms with Crippen molar-refractivity contribution in [3.63, 3.8) is 0 Å². The van der Waals surface area contributed by atoms with Crippen molar-refractivity contribution in [2.75, 3.05) is 19.0 Å². The molecule has 0 unspecified atom stereocenters. The maximum absolute atomic E-state index is 12.5. The third kappa shape index (κ3) is 3.71. The van der Waals surface area contributed by atoms with Crippen LogP contribution < -0.4 is 14.8 Å². The second-order valence-electron chi connectivity index (χ2n) is 4.69. The van der Waals surface area contributed by atoms with E-state index in [4.69, 9.17) is 9.47 Å². The Morgan fingerprint density at radius 1 is 1.27 bits per heavy atom. The monoisotopic (exact) mass is 411 g/mol. The van der Waals surface area contributed by atoms with Gasteiger partial charge in [0.1, 0.15) is 0 Å². The second-order valence-corrected chi connectivity index (χ2v) is 5.85. The quantitative estimate of drug-likeness (QED) is 0.749. The number of ether oxygens (including phenoxy) is 2. The van der Waals surface area contributed by atoms with Gasteiger partial charge in [-0.05, 0) is 60.2 Å². The highest BCUT2D eigenvalue weighted by Crippen LogP contribution is 2.34. The Kier molecular flexibility index (Phi) is 5.65. The van der Waals surface area contributed by atoms with E-state index in [1.165, 1.54) is 0 Å². The van der Waals surface area contributed by atoms with Crippen LogP contribution in [0.2, 0.25) is 0 Å². The van der Waals surface area contributed by atoms with Gasteiger partial charge < -0.3 is 14.8 Å². The molecule has 0 aliphatic heterocycles. The molecule has 0 spiro atoms. The van der Waals surface area contributed by atoms with Gasteiger partial charge in [-0.25, -0.2) is 0 Å². The fourth-order valence-electron chi connectivity index (χ4n) is 2.07. The molecule has 4 nitrogen and oxygen atoms in total. The molecule has 1 amide bonds. The SMILES string of the molecule is CCOc1cc(C(=O)Nc2ccccc2C)cc(I)c1OC. The number of benzene rings is 2. The molecular formula is C17H18INO3. The smallest absolute Gasteiger partial charge is 0.255 e. The van der Waals surface area contributed by atoms with E-state index in [-0.39, 0.29) is 5.91 Å².